The second-order valence-electron chi connectivity index (χ2n) is 7.53. The second-order valence-corrected chi connectivity index (χ2v) is 7.53. The van der Waals surface area contributed by atoms with Gasteiger partial charge in [-0.2, -0.15) is 18.4 Å². The van der Waals surface area contributed by atoms with Crippen LogP contribution in [0.1, 0.15) is 48.9 Å². The minimum atomic E-state index is -4.49. The van der Waals surface area contributed by atoms with E-state index in [9.17, 15) is 18.0 Å². The minimum Gasteiger partial charge on any atom is -0.326 e. The lowest BCUT2D eigenvalue weighted by atomic mass is 9.81. The van der Waals surface area contributed by atoms with Crippen LogP contribution in [-0.4, -0.2) is 6.03 Å². The highest BCUT2D eigenvalue weighted by Gasteiger charge is 2.38. The van der Waals surface area contributed by atoms with Crippen molar-refractivity contribution in [2.45, 2.75) is 38.4 Å². The molecule has 0 bridgehead atoms. The maximum absolute atomic E-state index is 13.3. The maximum Gasteiger partial charge on any atom is 0.416 e. The van der Waals surface area contributed by atoms with Crippen molar-refractivity contribution in [2.75, 3.05) is 4.90 Å². The van der Waals surface area contributed by atoms with Crippen molar-refractivity contribution in [1.29, 1.82) is 5.26 Å². The summed E-state index contributed by atoms with van der Waals surface area (Å²) in [6.45, 7) is 1.92. The fraction of sp³-hybridized carbons (Fsp3) is 0.250. The van der Waals surface area contributed by atoms with Gasteiger partial charge in [-0.25, -0.2) is 4.79 Å². The van der Waals surface area contributed by atoms with Gasteiger partial charge in [0.05, 0.1) is 28.9 Å². The van der Waals surface area contributed by atoms with E-state index in [-0.39, 0.29) is 5.69 Å². The number of rotatable bonds is 2. The summed E-state index contributed by atoms with van der Waals surface area (Å²) >= 11 is 0. The molecule has 0 saturated heterocycles. The molecule has 31 heavy (non-hydrogen) atoms. The molecule has 1 atom stereocenters. The number of amides is 2. The van der Waals surface area contributed by atoms with Crippen LogP contribution in [0.25, 0.3) is 0 Å². The zero-order chi connectivity index (χ0) is 22.2. The zero-order valence-corrected chi connectivity index (χ0v) is 16.8. The van der Waals surface area contributed by atoms with Crippen LogP contribution in [-0.2, 0) is 6.18 Å². The van der Waals surface area contributed by atoms with Crippen molar-refractivity contribution in [2.24, 2.45) is 0 Å². The Kier molecular flexibility index (Phi) is 5.32. The Bertz CT molecular complexity index is 1120. The Morgan fingerprint density at radius 3 is 2.55 bits per heavy atom. The monoisotopic (exact) mass is 423 g/mol. The molecule has 0 fully saturated rings. The number of nitrogens with zero attached hydrogens (tertiary/aromatic N) is 2. The lowest BCUT2D eigenvalue weighted by Gasteiger charge is -2.41. The summed E-state index contributed by atoms with van der Waals surface area (Å²) in [6, 6.07) is 13.0. The Hall–Kier alpha value is -3.53. The van der Waals surface area contributed by atoms with Crippen molar-refractivity contribution in [3.8, 4) is 6.07 Å². The number of alkyl halides is 3. The van der Waals surface area contributed by atoms with Gasteiger partial charge in [0.1, 0.15) is 0 Å². The average molecular weight is 423 g/mol. The van der Waals surface area contributed by atoms with Gasteiger partial charge >= 0.3 is 12.2 Å². The lowest BCUT2D eigenvalue weighted by Crippen LogP contribution is -2.48. The first-order valence-electron chi connectivity index (χ1n) is 10.00. The van der Waals surface area contributed by atoms with Crippen LogP contribution in [0.15, 0.2) is 71.5 Å². The van der Waals surface area contributed by atoms with Crippen LogP contribution in [0.4, 0.5) is 23.7 Å². The van der Waals surface area contributed by atoms with Gasteiger partial charge in [0.2, 0.25) is 0 Å². The molecular weight excluding hydrogens is 403 g/mol. The lowest BCUT2D eigenvalue weighted by molar-refractivity contribution is -0.137. The first kappa shape index (κ1) is 20.7. The number of carbonyl (C=O) groups is 1. The van der Waals surface area contributed by atoms with E-state index in [1.807, 2.05) is 13.0 Å². The molecule has 1 N–H and O–H groups in total. The normalized spacial score (nSPS) is 20.4. The van der Waals surface area contributed by atoms with E-state index in [0.29, 0.717) is 12.0 Å². The van der Waals surface area contributed by atoms with Crippen LogP contribution >= 0.6 is 0 Å². The van der Waals surface area contributed by atoms with E-state index < -0.39 is 23.8 Å². The van der Waals surface area contributed by atoms with E-state index in [0.717, 1.165) is 47.4 Å². The first-order valence-corrected chi connectivity index (χ1v) is 10.00. The topological polar surface area (TPSA) is 56.1 Å². The predicted octanol–water partition coefficient (Wildman–Crippen LogP) is 6.23. The molecule has 2 amide bonds. The number of allylic oxidation sites excluding steroid dienone is 2. The Labute approximate surface area is 178 Å². The molecule has 1 aliphatic heterocycles. The SMILES string of the molecule is CC=C1CCCC2=C1[C@H](c1ccc(C#N)cc1)NC(=O)N2c1cccc(C(F)(F)F)c1. The van der Waals surface area contributed by atoms with Gasteiger partial charge in [-0.05, 0) is 67.7 Å². The summed E-state index contributed by atoms with van der Waals surface area (Å²) in [6.07, 6.45) is -0.280. The smallest absolute Gasteiger partial charge is 0.326 e. The number of anilines is 1. The molecular formula is C24H20F3N3O. The summed E-state index contributed by atoms with van der Waals surface area (Å²) in [4.78, 5) is 14.5. The molecule has 158 valence electrons. The molecule has 1 aliphatic carbocycles. The fourth-order valence-corrected chi connectivity index (χ4v) is 4.26. The van der Waals surface area contributed by atoms with E-state index in [2.05, 4.69) is 11.4 Å². The summed E-state index contributed by atoms with van der Waals surface area (Å²) in [5.41, 5.74) is 3.43. The molecule has 4 rings (SSSR count). The number of halogens is 3. The van der Waals surface area contributed by atoms with Gasteiger partial charge in [0, 0.05) is 11.3 Å². The molecule has 0 aromatic heterocycles. The highest BCUT2D eigenvalue weighted by molar-refractivity contribution is 5.98. The number of benzene rings is 2. The number of hydrogen-bond donors (Lipinski definition) is 1. The Morgan fingerprint density at radius 2 is 1.90 bits per heavy atom. The predicted molar refractivity (Wildman–Crippen MR) is 111 cm³/mol. The summed E-state index contributed by atoms with van der Waals surface area (Å²) < 4.78 is 39.8. The number of carbonyl (C=O) groups excluding carboxylic acids is 1. The quantitative estimate of drug-likeness (QED) is 0.622. The van der Waals surface area contributed by atoms with Gasteiger partial charge in [-0.15, -0.1) is 0 Å². The van der Waals surface area contributed by atoms with Crippen molar-refractivity contribution < 1.29 is 18.0 Å². The fourth-order valence-electron chi connectivity index (χ4n) is 4.26. The molecule has 0 radical (unpaired) electrons. The molecule has 0 unspecified atom stereocenters. The van der Waals surface area contributed by atoms with E-state index in [4.69, 9.17) is 5.26 Å². The van der Waals surface area contributed by atoms with Gasteiger partial charge in [-0.3, -0.25) is 4.90 Å². The first-order chi connectivity index (χ1) is 14.8. The van der Waals surface area contributed by atoms with E-state index in [1.54, 1.807) is 24.3 Å². The molecule has 7 heteroatoms. The van der Waals surface area contributed by atoms with Gasteiger partial charge < -0.3 is 5.32 Å². The number of hydrogen-bond acceptors (Lipinski definition) is 2. The number of nitriles is 1. The largest absolute Gasteiger partial charge is 0.416 e. The second kappa shape index (κ2) is 7.95. The Morgan fingerprint density at radius 1 is 1.16 bits per heavy atom. The number of nitrogens with one attached hydrogen (secondary N) is 1. The van der Waals surface area contributed by atoms with Crippen molar-refractivity contribution in [1.82, 2.24) is 5.32 Å². The molecule has 0 spiro atoms. The van der Waals surface area contributed by atoms with Gasteiger partial charge in [-0.1, -0.05) is 24.3 Å². The van der Waals surface area contributed by atoms with Gasteiger partial charge in [0.15, 0.2) is 0 Å². The third-order valence-electron chi connectivity index (χ3n) is 5.70. The van der Waals surface area contributed by atoms with Crippen LogP contribution in [0.3, 0.4) is 0 Å². The van der Waals surface area contributed by atoms with Crippen LogP contribution in [0, 0.1) is 11.3 Å². The maximum atomic E-state index is 13.3. The van der Waals surface area contributed by atoms with Crippen LogP contribution in [0.5, 0.6) is 0 Å². The zero-order valence-electron chi connectivity index (χ0n) is 16.8. The van der Waals surface area contributed by atoms with E-state index in [1.165, 1.54) is 17.0 Å². The molecule has 4 nitrogen and oxygen atoms in total. The van der Waals surface area contributed by atoms with Crippen molar-refractivity contribution >= 4 is 11.7 Å². The van der Waals surface area contributed by atoms with E-state index >= 15 is 0 Å². The highest BCUT2D eigenvalue weighted by atomic mass is 19.4. The minimum absolute atomic E-state index is 0.190. The van der Waals surface area contributed by atoms with Crippen molar-refractivity contribution in [3.63, 3.8) is 0 Å². The van der Waals surface area contributed by atoms with Crippen molar-refractivity contribution in [3.05, 3.63) is 88.1 Å². The standard InChI is InChI=1S/C24H20F3N3O/c1-2-16-5-3-8-20-21(16)22(17-11-9-15(14-28)10-12-17)29-23(31)30(20)19-7-4-6-18(13-19)24(25,26)27/h2,4,6-7,9-13,22H,3,5,8H2,1H3,(H,29,31)/t22-/m0/s1. The van der Waals surface area contributed by atoms with Gasteiger partial charge in [0.25, 0.3) is 0 Å². The molecule has 2 aliphatic rings. The average Bonchev–Trinajstić information content (AvgIpc) is 2.77. The van der Waals surface area contributed by atoms with Crippen LogP contribution < -0.4 is 10.2 Å². The molecule has 2 aromatic rings. The Balaban J connectivity index is 1.86. The summed E-state index contributed by atoms with van der Waals surface area (Å²) in [5, 5.41) is 12.0. The number of urea groups is 1. The summed E-state index contributed by atoms with van der Waals surface area (Å²) in [7, 11) is 0. The van der Waals surface area contributed by atoms with Crippen LogP contribution in [0.2, 0.25) is 0 Å². The molecule has 0 saturated carbocycles. The summed E-state index contributed by atoms with van der Waals surface area (Å²) in [5.74, 6) is 0. The third kappa shape index (κ3) is 3.81. The third-order valence-corrected chi connectivity index (χ3v) is 5.70. The molecule has 2 aromatic carbocycles. The highest BCUT2D eigenvalue weighted by Crippen LogP contribution is 2.44. The molecule has 1 heterocycles.